The van der Waals surface area contributed by atoms with E-state index in [2.05, 4.69) is 15.9 Å². The van der Waals surface area contributed by atoms with Gasteiger partial charge in [-0.3, -0.25) is 9.59 Å². The average molecular weight is 415 g/mol. The summed E-state index contributed by atoms with van der Waals surface area (Å²) in [6.45, 7) is 2.52. The summed E-state index contributed by atoms with van der Waals surface area (Å²) in [6.07, 6.45) is 2.41. The lowest BCUT2D eigenvalue weighted by molar-refractivity contribution is -0.142. The number of likely N-dealkylation sites (tertiary alicyclic amines) is 1. The van der Waals surface area contributed by atoms with Gasteiger partial charge in [-0.05, 0) is 47.3 Å². The molecule has 2 saturated heterocycles. The Hall–Kier alpha value is -1.38. The Morgan fingerprint density at radius 1 is 1.28 bits per heavy atom. The van der Waals surface area contributed by atoms with E-state index in [1.807, 2.05) is 4.90 Å². The van der Waals surface area contributed by atoms with E-state index in [9.17, 15) is 9.59 Å². The molecule has 1 atom stereocenters. The van der Waals surface area contributed by atoms with Gasteiger partial charge in [0.25, 0.3) is 5.91 Å². The van der Waals surface area contributed by atoms with Crippen LogP contribution in [-0.4, -0.2) is 73.7 Å². The zero-order chi connectivity index (χ0) is 17.8. The molecule has 1 unspecified atom stereocenters. The maximum atomic E-state index is 12.6. The second-order valence-corrected chi connectivity index (χ2v) is 7.16. The van der Waals surface area contributed by atoms with Crippen molar-refractivity contribution >= 4 is 27.7 Å². The summed E-state index contributed by atoms with van der Waals surface area (Å²) in [4.78, 5) is 28.9. The summed E-state index contributed by atoms with van der Waals surface area (Å²) in [5.74, 6) is 0.155. The van der Waals surface area contributed by atoms with Crippen LogP contribution in [0.15, 0.2) is 21.2 Å². The summed E-state index contributed by atoms with van der Waals surface area (Å²) >= 11 is 3.22. The van der Waals surface area contributed by atoms with Gasteiger partial charge in [-0.15, -0.1) is 0 Å². The lowest BCUT2D eigenvalue weighted by Crippen LogP contribution is -2.51. The van der Waals surface area contributed by atoms with Crippen LogP contribution in [0.3, 0.4) is 0 Å². The van der Waals surface area contributed by atoms with Gasteiger partial charge in [-0.25, -0.2) is 0 Å². The first-order chi connectivity index (χ1) is 12.1. The van der Waals surface area contributed by atoms with Crippen molar-refractivity contribution < 1.29 is 23.5 Å². The number of carbonyl (C=O) groups is 2. The highest BCUT2D eigenvalue weighted by Crippen LogP contribution is 2.25. The van der Waals surface area contributed by atoms with E-state index >= 15 is 0 Å². The van der Waals surface area contributed by atoms with Crippen molar-refractivity contribution in [3.63, 3.8) is 0 Å². The fourth-order valence-corrected chi connectivity index (χ4v) is 3.91. The lowest BCUT2D eigenvalue weighted by Gasteiger charge is -2.38. The number of carbonyl (C=O) groups excluding carboxylic acids is 2. The second-order valence-electron chi connectivity index (χ2n) is 6.37. The third-order valence-electron chi connectivity index (χ3n) is 4.77. The van der Waals surface area contributed by atoms with Crippen molar-refractivity contribution in [2.24, 2.45) is 0 Å². The molecule has 3 heterocycles. The van der Waals surface area contributed by atoms with Gasteiger partial charge in [0.15, 0.2) is 10.4 Å². The molecule has 0 N–H and O–H groups in total. The minimum Gasteiger partial charge on any atom is -0.444 e. The maximum absolute atomic E-state index is 12.6. The lowest BCUT2D eigenvalue weighted by atomic mass is 10.0. The topological polar surface area (TPSA) is 72.2 Å². The largest absolute Gasteiger partial charge is 0.444 e. The normalized spacial score (nSPS) is 21.5. The molecule has 2 fully saturated rings. The van der Waals surface area contributed by atoms with Crippen molar-refractivity contribution in [2.75, 3.05) is 40.0 Å². The Balaban J connectivity index is 1.69. The SMILES string of the molecule is COCC(=O)N(C1CCOCC1)C1CCN(C(=O)c2ccc(Br)o2)C1. The van der Waals surface area contributed by atoms with Crippen LogP contribution in [0, 0.1) is 0 Å². The van der Waals surface area contributed by atoms with E-state index in [4.69, 9.17) is 13.9 Å². The van der Waals surface area contributed by atoms with Gasteiger partial charge in [-0.1, -0.05) is 0 Å². The number of hydrogen-bond donors (Lipinski definition) is 0. The second kappa shape index (κ2) is 8.33. The first kappa shape index (κ1) is 18.4. The van der Waals surface area contributed by atoms with Gasteiger partial charge >= 0.3 is 0 Å². The summed E-state index contributed by atoms with van der Waals surface area (Å²) in [5.41, 5.74) is 0. The van der Waals surface area contributed by atoms with Gasteiger partial charge in [0.1, 0.15) is 6.61 Å². The number of methoxy groups -OCH3 is 1. The number of ether oxygens (including phenoxy) is 2. The van der Waals surface area contributed by atoms with E-state index in [1.54, 1.807) is 17.0 Å². The number of hydrogen-bond acceptors (Lipinski definition) is 5. The summed E-state index contributed by atoms with van der Waals surface area (Å²) in [7, 11) is 1.53. The molecule has 138 valence electrons. The van der Waals surface area contributed by atoms with Gasteiger partial charge in [0.05, 0.1) is 6.04 Å². The van der Waals surface area contributed by atoms with E-state index in [-0.39, 0.29) is 30.5 Å². The van der Waals surface area contributed by atoms with E-state index < -0.39 is 0 Å². The molecule has 2 aliphatic rings. The van der Waals surface area contributed by atoms with Crippen LogP contribution in [0.2, 0.25) is 0 Å². The summed E-state index contributed by atoms with van der Waals surface area (Å²) in [6, 6.07) is 3.52. The van der Waals surface area contributed by atoms with Crippen molar-refractivity contribution in [2.45, 2.75) is 31.3 Å². The fraction of sp³-hybridized carbons (Fsp3) is 0.647. The Morgan fingerprint density at radius 3 is 2.68 bits per heavy atom. The fourth-order valence-electron chi connectivity index (χ4n) is 3.61. The zero-order valence-electron chi connectivity index (χ0n) is 14.3. The molecule has 0 aromatic carbocycles. The Bertz CT molecular complexity index is 614. The monoisotopic (exact) mass is 414 g/mol. The molecule has 0 spiro atoms. The van der Waals surface area contributed by atoms with Crippen LogP contribution in [0.25, 0.3) is 0 Å². The van der Waals surface area contributed by atoms with Crippen LogP contribution < -0.4 is 0 Å². The molecular formula is C17H23BrN2O5. The molecule has 25 heavy (non-hydrogen) atoms. The highest BCUT2D eigenvalue weighted by molar-refractivity contribution is 9.10. The maximum Gasteiger partial charge on any atom is 0.289 e. The zero-order valence-corrected chi connectivity index (χ0v) is 15.9. The number of nitrogens with zero attached hydrogens (tertiary/aromatic N) is 2. The molecule has 0 bridgehead atoms. The van der Waals surface area contributed by atoms with Gasteiger partial charge < -0.3 is 23.7 Å². The molecular weight excluding hydrogens is 392 g/mol. The van der Waals surface area contributed by atoms with Crippen LogP contribution in [-0.2, 0) is 14.3 Å². The molecule has 0 radical (unpaired) electrons. The van der Waals surface area contributed by atoms with Crippen LogP contribution in [0.4, 0.5) is 0 Å². The summed E-state index contributed by atoms with van der Waals surface area (Å²) in [5, 5.41) is 0. The Kier molecular flexibility index (Phi) is 6.14. The predicted octanol–water partition coefficient (Wildman–Crippen LogP) is 1.91. The standard InChI is InChI=1S/C17H23BrN2O5/c1-23-11-16(21)20(12-5-8-24-9-6-12)13-4-7-19(10-13)17(22)14-2-3-15(18)25-14/h2-3,12-13H,4-11H2,1H3. The highest BCUT2D eigenvalue weighted by atomic mass is 79.9. The quantitative estimate of drug-likeness (QED) is 0.735. The highest BCUT2D eigenvalue weighted by Gasteiger charge is 2.37. The Morgan fingerprint density at radius 2 is 2.04 bits per heavy atom. The van der Waals surface area contributed by atoms with Gasteiger partial charge in [-0.2, -0.15) is 0 Å². The number of amides is 2. The molecule has 7 nitrogen and oxygen atoms in total. The van der Waals surface area contributed by atoms with Crippen molar-refractivity contribution in [3.8, 4) is 0 Å². The molecule has 0 saturated carbocycles. The number of rotatable bonds is 5. The van der Waals surface area contributed by atoms with Crippen molar-refractivity contribution in [1.82, 2.24) is 9.80 Å². The molecule has 1 aromatic rings. The Labute approximate surface area is 155 Å². The third-order valence-corrected chi connectivity index (χ3v) is 5.19. The molecule has 2 aliphatic heterocycles. The van der Waals surface area contributed by atoms with E-state index in [1.165, 1.54) is 7.11 Å². The molecule has 0 aliphatic carbocycles. The van der Waals surface area contributed by atoms with Crippen LogP contribution in [0.1, 0.15) is 29.8 Å². The average Bonchev–Trinajstić information content (AvgIpc) is 3.25. The molecule has 2 amide bonds. The number of furan rings is 1. The van der Waals surface area contributed by atoms with E-state index in [0.29, 0.717) is 36.7 Å². The van der Waals surface area contributed by atoms with E-state index in [0.717, 1.165) is 19.3 Å². The molecule has 8 heteroatoms. The van der Waals surface area contributed by atoms with Gasteiger partial charge in [0, 0.05) is 39.5 Å². The first-order valence-corrected chi connectivity index (χ1v) is 9.32. The number of halogens is 1. The van der Waals surface area contributed by atoms with Crippen molar-refractivity contribution in [1.29, 1.82) is 0 Å². The van der Waals surface area contributed by atoms with Crippen LogP contribution >= 0.6 is 15.9 Å². The smallest absolute Gasteiger partial charge is 0.289 e. The predicted molar refractivity (Wildman–Crippen MR) is 93.3 cm³/mol. The van der Waals surface area contributed by atoms with Gasteiger partial charge in [0.2, 0.25) is 5.91 Å². The minimum atomic E-state index is -0.140. The minimum absolute atomic E-state index is 0.00750. The van der Waals surface area contributed by atoms with Crippen LogP contribution in [0.5, 0.6) is 0 Å². The molecule has 1 aromatic heterocycles. The van der Waals surface area contributed by atoms with Crippen molar-refractivity contribution in [3.05, 3.63) is 22.6 Å². The third kappa shape index (κ3) is 4.24. The first-order valence-electron chi connectivity index (χ1n) is 8.52. The molecule has 3 rings (SSSR count). The summed E-state index contributed by atoms with van der Waals surface area (Å²) < 4.78 is 16.4.